The van der Waals surface area contributed by atoms with Crippen molar-refractivity contribution in [2.75, 3.05) is 7.11 Å². The molecule has 7 heteroatoms. The first-order chi connectivity index (χ1) is 12.8. The van der Waals surface area contributed by atoms with Crippen molar-refractivity contribution < 1.29 is 14.3 Å². The number of hydrogen-bond donors (Lipinski definition) is 1. The van der Waals surface area contributed by atoms with Gasteiger partial charge >= 0.3 is 5.97 Å². The quantitative estimate of drug-likeness (QED) is 0.752. The van der Waals surface area contributed by atoms with Gasteiger partial charge in [-0.15, -0.1) is 0 Å². The second-order valence-corrected chi connectivity index (χ2v) is 7.27. The van der Waals surface area contributed by atoms with Gasteiger partial charge in [-0.2, -0.15) is 5.26 Å². The lowest BCUT2D eigenvalue weighted by atomic mass is 9.79. The van der Waals surface area contributed by atoms with Crippen molar-refractivity contribution in [3.8, 4) is 6.07 Å². The zero-order valence-electron chi connectivity index (χ0n) is 15.8. The van der Waals surface area contributed by atoms with E-state index in [-0.39, 0.29) is 18.4 Å². The Bertz CT molecular complexity index is 770. The van der Waals surface area contributed by atoms with Gasteiger partial charge in [0.1, 0.15) is 6.04 Å². The Morgan fingerprint density at radius 3 is 2.63 bits per heavy atom. The average Bonchev–Trinajstić information content (AvgIpc) is 3.03. The number of nitrogens with one attached hydrogen (secondary N) is 1. The molecule has 1 aromatic carbocycles. The van der Waals surface area contributed by atoms with Crippen LogP contribution in [0, 0.1) is 16.7 Å². The molecule has 27 heavy (non-hydrogen) atoms. The maximum atomic E-state index is 12.1. The molecular weight excluding hydrogens is 366 g/mol. The molecule has 0 aliphatic heterocycles. The summed E-state index contributed by atoms with van der Waals surface area (Å²) >= 11 is 5.94. The van der Waals surface area contributed by atoms with E-state index in [9.17, 15) is 14.9 Å². The molecule has 0 bridgehead atoms. The molecule has 1 saturated carbocycles. The number of methoxy groups -OCH3 is 1. The summed E-state index contributed by atoms with van der Waals surface area (Å²) in [7, 11) is 1.27. The fourth-order valence-electron chi connectivity index (χ4n) is 3.49. The van der Waals surface area contributed by atoms with Crippen molar-refractivity contribution in [1.82, 2.24) is 5.32 Å². The minimum Gasteiger partial charge on any atom is -0.467 e. The number of amides is 1. The van der Waals surface area contributed by atoms with Crippen LogP contribution in [0.25, 0.3) is 0 Å². The molecule has 2 rings (SSSR count). The number of rotatable bonds is 6. The molecule has 1 N–H and O–H groups in total. The van der Waals surface area contributed by atoms with Crippen LogP contribution in [-0.2, 0) is 14.3 Å². The molecule has 3 atom stereocenters. The van der Waals surface area contributed by atoms with Crippen molar-refractivity contribution in [1.29, 1.82) is 5.26 Å². The fraction of sp³-hybridized carbons (Fsp3) is 0.500. The number of esters is 1. The summed E-state index contributed by atoms with van der Waals surface area (Å²) in [4.78, 5) is 28.4. The Kier molecular flexibility index (Phi) is 6.98. The third-order valence-electron chi connectivity index (χ3n) is 4.90. The van der Waals surface area contributed by atoms with Crippen molar-refractivity contribution in [2.24, 2.45) is 10.4 Å². The largest absolute Gasteiger partial charge is 0.467 e. The Morgan fingerprint density at radius 1 is 1.41 bits per heavy atom. The second kappa shape index (κ2) is 9.01. The fourth-order valence-corrected chi connectivity index (χ4v) is 3.62. The molecular formula is C20H24ClN3O3. The van der Waals surface area contributed by atoms with E-state index in [2.05, 4.69) is 11.4 Å². The highest BCUT2D eigenvalue weighted by Gasteiger charge is 2.44. The average molecular weight is 390 g/mol. The topological polar surface area (TPSA) is 91.6 Å². The van der Waals surface area contributed by atoms with Crippen molar-refractivity contribution in [3.05, 3.63) is 34.9 Å². The first-order valence-electron chi connectivity index (χ1n) is 8.90. The molecule has 0 radical (unpaired) electrons. The number of aliphatic imine (C=N–C) groups is 1. The summed E-state index contributed by atoms with van der Waals surface area (Å²) < 4.78 is 4.79. The Morgan fingerprint density at radius 2 is 2.07 bits per heavy atom. The molecule has 1 fully saturated rings. The first kappa shape index (κ1) is 20.9. The van der Waals surface area contributed by atoms with E-state index in [1.165, 1.54) is 14.0 Å². The van der Waals surface area contributed by atoms with Crippen LogP contribution in [0.4, 0.5) is 0 Å². The number of carbonyl (C=O) groups excluding carboxylic acids is 2. The molecule has 0 unspecified atom stereocenters. The van der Waals surface area contributed by atoms with Crippen LogP contribution < -0.4 is 5.32 Å². The molecule has 1 aliphatic rings. The highest BCUT2D eigenvalue weighted by atomic mass is 35.5. The third kappa shape index (κ3) is 5.08. The molecule has 6 nitrogen and oxygen atoms in total. The lowest BCUT2D eigenvalue weighted by molar-refractivity contribution is -0.145. The lowest BCUT2D eigenvalue weighted by Gasteiger charge is -2.27. The van der Waals surface area contributed by atoms with Crippen LogP contribution in [0.5, 0.6) is 0 Å². The molecule has 0 saturated heterocycles. The Hall–Kier alpha value is -2.39. The van der Waals surface area contributed by atoms with E-state index in [1.807, 2.05) is 31.2 Å². The van der Waals surface area contributed by atoms with E-state index in [0.717, 1.165) is 17.7 Å². The highest BCUT2D eigenvalue weighted by molar-refractivity contribution is 6.30. The van der Waals surface area contributed by atoms with Crippen molar-refractivity contribution in [2.45, 2.75) is 51.6 Å². The molecule has 1 aliphatic carbocycles. The molecule has 144 valence electrons. The van der Waals surface area contributed by atoms with Gasteiger partial charge in [0.2, 0.25) is 5.91 Å². The lowest BCUT2D eigenvalue weighted by Crippen LogP contribution is -2.45. The minimum atomic E-state index is -0.887. The van der Waals surface area contributed by atoms with Crippen LogP contribution in [0.1, 0.15) is 51.1 Å². The van der Waals surface area contributed by atoms with E-state index in [1.54, 1.807) is 0 Å². The summed E-state index contributed by atoms with van der Waals surface area (Å²) in [5, 5.41) is 13.2. The van der Waals surface area contributed by atoms with Gasteiger partial charge in [-0.05, 0) is 43.9 Å². The van der Waals surface area contributed by atoms with Crippen LogP contribution in [-0.4, -0.2) is 30.7 Å². The minimum absolute atomic E-state index is 0.138. The number of halogens is 1. The Balaban J connectivity index is 2.30. The van der Waals surface area contributed by atoms with Gasteiger partial charge < -0.3 is 10.1 Å². The summed E-state index contributed by atoms with van der Waals surface area (Å²) in [6.07, 6.45) is 2.26. The number of carbonyl (C=O) groups is 2. The summed E-state index contributed by atoms with van der Waals surface area (Å²) in [5.74, 6) is -0.902. The van der Waals surface area contributed by atoms with Gasteiger partial charge in [0.25, 0.3) is 0 Å². The smallest absolute Gasteiger partial charge is 0.328 e. The van der Waals surface area contributed by atoms with Crippen LogP contribution in [0.15, 0.2) is 29.3 Å². The second-order valence-electron chi connectivity index (χ2n) is 6.83. The van der Waals surface area contributed by atoms with Crippen molar-refractivity contribution >= 4 is 29.2 Å². The summed E-state index contributed by atoms with van der Waals surface area (Å²) in [6, 6.07) is 8.79. The maximum Gasteiger partial charge on any atom is 0.328 e. The van der Waals surface area contributed by atoms with E-state index >= 15 is 0 Å². The molecule has 0 spiro atoms. The predicted molar refractivity (Wildman–Crippen MR) is 103 cm³/mol. The summed E-state index contributed by atoms with van der Waals surface area (Å²) in [6.45, 7) is 3.30. The molecule has 1 aromatic rings. The van der Waals surface area contributed by atoms with E-state index < -0.39 is 17.4 Å². The Labute approximate surface area is 164 Å². The number of ether oxygens (including phenoxy) is 1. The molecule has 0 heterocycles. The zero-order chi connectivity index (χ0) is 20.0. The van der Waals surface area contributed by atoms with Gasteiger partial charge in [0.15, 0.2) is 0 Å². The van der Waals surface area contributed by atoms with Gasteiger partial charge in [-0.25, -0.2) is 4.79 Å². The first-order valence-corrected chi connectivity index (χ1v) is 9.28. The SMILES string of the molecule is COC(=O)[C@H](C[C@@]1(C#N)CCC/C1=N\[C@@H](C)c1ccc(Cl)cc1)NC(C)=O. The van der Waals surface area contributed by atoms with Gasteiger partial charge in [0, 0.05) is 24.1 Å². The van der Waals surface area contributed by atoms with E-state index in [0.29, 0.717) is 17.9 Å². The number of nitrogens with zero attached hydrogens (tertiary/aromatic N) is 2. The van der Waals surface area contributed by atoms with Crippen LogP contribution >= 0.6 is 11.6 Å². The van der Waals surface area contributed by atoms with Crippen LogP contribution in [0.2, 0.25) is 5.02 Å². The standard InChI is InChI=1S/C20H24ClN3O3/c1-13(15-6-8-16(21)9-7-15)23-18-5-4-10-20(18,12-22)11-17(19(26)27-3)24-14(2)25/h6-9,13,17H,4-5,10-11H2,1-3H3,(H,24,25)/b23-18+/t13-,17-,20+/m0/s1. The van der Waals surface area contributed by atoms with Gasteiger partial charge in [0.05, 0.1) is 24.6 Å². The number of hydrogen-bond acceptors (Lipinski definition) is 5. The third-order valence-corrected chi connectivity index (χ3v) is 5.15. The normalized spacial score (nSPS) is 22.7. The maximum absolute atomic E-state index is 12.1. The molecule has 0 aromatic heterocycles. The van der Waals surface area contributed by atoms with Gasteiger partial charge in [-0.1, -0.05) is 23.7 Å². The predicted octanol–water partition coefficient (Wildman–Crippen LogP) is 3.60. The highest BCUT2D eigenvalue weighted by Crippen LogP contribution is 2.41. The molecule has 1 amide bonds. The number of benzene rings is 1. The monoisotopic (exact) mass is 389 g/mol. The number of nitriles is 1. The van der Waals surface area contributed by atoms with E-state index in [4.69, 9.17) is 21.3 Å². The zero-order valence-corrected chi connectivity index (χ0v) is 16.5. The van der Waals surface area contributed by atoms with Crippen molar-refractivity contribution in [3.63, 3.8) is 0 Å². The van der Waals surface area contributed by atoms with Crippen LogP contribution in [0.3, 0.4) is 0 Å². The van der Waals surface area contributed by atoms with Gasteiger partial charge in [-0.3, -0.25) is 9.79 Å². The summed E-state index contributed by atoms with van der Waals surface area (Å²) in [5.41, 5.74) is 0.880.